The summed E-state index contributed by atoms with van der Waals surface area (Å²) in [4.78, 5) is 27.8. The van der Waals surface area contributed by atoms with Crippen molar-refractivity contribution in [1.82, 2.24) is 9.88 Å². The van der Waals surface area contributed by atoms with Crippen molar-refractivity contribution in [2.75, 3.05) is 13.1 Å². The van der Waals surface area contributed by atoms with Crippen molar-refractivity contribution >= 4 is 35.1 Å². The predicted octanol–water partition coefficient (Wildman–Crippen LogP) is 1.05. The fraction of sp³-hybridized carbons (Fsp3) is 0.250. The fourth-order valence-corrected chi connectivity index (χ4v) is 2.29. The minimum absolute atomic E-state index is 0.125. The monoisotopic (exact) mass is 277 g/mol. The molecular formula is C12H11N3O3S. The lowest BCUT2D eigenvalue weighted by molar-refractivity contribution is -0.125. The lowest BCUT2D eigenvalue weighted by Gasteiger charge is -2.37. The summed E-state index contributed by atoms with van der Waals surface area (Å²) in [5.74, 6) is -0.717. The van der Waals surface area contributed by atoms with Crippen LogP contribution < -0.4 is 5.73 Å². The largest absolute Gasteiger partial charge is 0.429 e. The number of carbonyl (C=O) groups excluding carboxylic acids is 2. The highest BCUT2D eigenvalue weighted by molar-refractivity contribution is 7.71. The zero-order chi connectivity index (χ0) is 13.6. The number of amides is 2. The molecule has 0 saturated carbocycles. The van der Waals surface area contributed by atoms with Gasteiger partial charge in [-0.25, -0.2) is 0 Å². The Labute approximate surface area is 113 Å². The van der Waals surface area contributed by atoms with Gasteiger partial charge >= 0.3 is 0 Å². The molecule has 0 radical (unpaired) electrons. The Morgan fingerprint density at radius 2 is 2.16 bits per heavy atom. The van der Waals surface area contributed by atoms with E-state index in [-0.39, 0.29) is 22.6 Å². The molecule has 98 valence electrons. The number of hydrogen-bond donors (Lipinski definition) is 2. The van der Waals surface area contributed by atoms with Crippen LogP contribution in [0.15, 0.2) is 22.6 Å². The van der Waals surface area contributed by atoms with Gasteiger partial charge in [0.2, 0.25) is 5.91 Å². The van der Waals surface area contributed by atoms with Crippen molar-refractivity contribution in [3.8, 4) is 0 Å². The number of aromatic amines is 1. The summed E-state index contributed by atoms with van der Waals surface area (Å²) < 4.78 is 5.23. The molecule has 0 spiro atoms. The second-order valence-electron chi connectivity index (χ2n) is 4.53. The molecule has 1 aliphatic heterocycles. The second kappa shape index (κ2) is 4.20. The third-order valence-corrected chi connectivity index (χ3v) is 3.42. The fourth-order valence-electron chi connectivity index (χ4n) is 2.09. The Morgan fingerprint density at radius 3 is 2.84 bits per heavy atom. The number of nitrogens with two attached hydrogens (primary N) is 1. The summed E-state index contributed by atoms with van der Waals surface area (Å²) in [6.07, 6.45) is 0. The van der Waals surface area contributed by atoms with Gasteiger partial charge < -0.3 is 20.0 Å². The van der Waals surface area contributed by atoms with Crippen molar-refractivity contribution in [2.24, 2.45) is 11.7 Å². The molecule has 3 rings (SSSR count). The number of nitrogens with one attached hydrogen (secondary N) is 1. The van der Waals surface area contributed by atoms with E-state index in [2.05, 4.69) is 4.98 Å². The van der Waals surface area contributed by atoms with Crippen LogP contribution in [0.5, 0.6) is 0 Å². The minimum Gasteiger partial charge on any atom is -0.429 e. The van der Waals surface area contributed by atoms with Crippen molar-refractivity contribution in [2.45, 2.75) is 0 Å². The number of fused-ring (bicyclic) bond motifs is 1. The molecule has 0 atom stereocenters. The third kappa shape index (κ3) is 2.01. The van der Waals surface area contributed by atoms with Gasteiger partial charge in [-0.2, -0.15) is 0 Å². The number of oxazole rings is 1. The standard InChI is InChI=1S/C12H11N3O3S/c13-10(16)7-4-15(5-7)11(17)6-1-2-9-8(3-6)14-12(19)18-9/h1-3,7H,4-5H2,(H2,13,16)(H,14,19). The first-order valence-corrected chi connectivity index (χ1v) is 6.17. The van der Waals surface area contributed by atoms with Crippen LogP contribution in [0.3, 0.4) is 0 Å². The first kappa shape index (κ1) is 11.9. The molecule has 1 saturated heterocycles. The van der Waals surface area contributed by atoms with Gasteiger partial charge in [0, 0.05) is 18.7 Å². The number of primary amides is 1. The van der Waals surface area contributed by atoms with Gasteiger partial charge in [-0.1, -0.05) is 0 Å². The Morgan fingerprint density at radius 1 is 1.42 bits per heavy atom. The van der Waals surface area contributed by atoms with E-state index >= 15 is 0 Å². The molecule has 0 unspecified atom stereocenters. The maximum absolute atomic E-state index is 12.1. The normalized spacial score (nSPS) is 15.5. The number of rotatable bonds is 2. The quantitative estimate of drug-likeness (QED) is 0.802. The summed E-state index contributed by atoms with van der Waals surface area (Å²) >= 11 is 4.88. The van der Waals surface area contributed by atoms with Crippen LogP contribution in [0.25, 0.3) is 11.1 Å². The van der Waals surface area contributed by atoms with Gasteiger partial charge in [-0.05, 0) is 30.4 Å². The molecule has 1 fully saturated rings. The number of aromatic nitrogens is 1. The van der Waals surface area contributed by atoms with Gasteiger partial charge in [0.15, 0.2) is 5.58 Å². The molecule has 7 heteroatoms. The van der Waals surface area contributed by atoms with E-state index in [1.54, 1.807) is 23.1 Å². The Bertz CT molecular complexity index is 727. The van der Waals surface area contributed by atoms with E-state index in [0.29, 0.717) is 29.8 Å². The SMILES string of the molecule is NC(=O)C1CN(C(=O)c2ccc3oc(=S)[nH]c3c2)C1. The Hall–Kier alpha value is -2.15. The van der Waals surface area contributed by atoms with E-state index in [1.807, 2.05) is 0 Å². The maximum atomic E-state index is 12.1. The zero-order valence-corrected chi connectivity index (χ0v) is 10.7. The first-order valence-electron chi connectivity index (χ1n) is 5.76. The molecule has 2 heterocycles. The average Bonchev–Trinajstić information content (AvgIpc) is 2.65. The molecule has 6 nitrogen and oxygen atoms in total. The molecule has 2 aromatic rings. The highest BCUT2D eigenvalue weighted by atomic mass is 32.1. The molecule has 0 aliphatic carbocycles. The Kier molecular flexibility index (Phi) is 2.63. The highest BCUT2D eigenvalue weighted by Crippen LogP contribution is 2.21. The maximum Gasteiger partial charge on any atom is 0.266 e. The molecule has 19 heavy (non-hydrogen) atoms. The molecular weight excluding hydrogens is 266 g/mol. The number of likely N-dealkylation sites (tertiary alicyclic amines) is 1. The summed E-state index contributed by atoms with van der Waals surface area (Å²) in [5.41, 5.74) is 6.99. The predicted molar refractivity (Wildman–Crippen MR) is 70.0 cm³/mol. The number of carbonyl (C=O) groups is 2. The molecule has 3 N–H and O–H groups in total. The average molecular weight is 277 g/mol. The van der Waals surface area contributed by atoms with Crippen LogP contribution in [0, 0.1) is 10.8 Å². The lowest BCUT2D eigenvalue weighted by Crippen LogP contribution is -2.54. The molecule has 1 aliphatic rings. The number of H-pyrrole nitrogens is 1. The highest BCUT2D eigenvalue weighted by Gasteiger charge is 2.34. The van der Waals surface area contributed by atoms with Crippen LogP contribution in [0.2, 0.25) is 0 Å². The number of benzene rings is 1. The first-order chi connectivity index (χ1) is 9.04. The van der Waals surface area contributed by atoms with E-state index < -0.39 is 0 Å². The number of hydrogen-bond acceptors (Lipinski definition) is 4. The zero-order valence-electron chi connectivity index (χ0n) is 9.88. The van der Waals surface area contributed by atoms with Gasteiger partial charge in [0.05, 0.1) is 11.4 Å². The number of nitrogens with zero attached hydrogens (tertiary/aromatic N) is 1. The summed E-state index contributed by atoms with van der Waals surface area (Å²) in [7, 11) is 0. The van der Waals surface area contributed by atoms with Crippen molar-refractivity contribution < 1.29 is 14.0 Å². The molecule has 1 aromatic carbocycles. The van der Waals surface area contributed by atoms with Gasteiger partial charge in [0.1, 0.15) is 0 Å². The van der Waals surface area contributed by atoms with Crippen molar-refractivity contribution in [3.05, 3.63) is 28.6 Å². The van der Waals surface area contributed by atoms with Crippen LogP contribution in [0.1, 0.15) is 10.4 Å². The third-order valence-electron chi connectivity index (χ3n) is 3.24. The van der Waals surface area contributed by atoms with Gasteiger partial charge in [-0.3, -0.25) is 9.59 Å². The minimum atomic E-state index is -0.363. The van der Waals surface area contributed by atoms with Crippen LogP contribution in [-0.4, -0.2) is 34.8 Å². The molecule has 1 aromatic heterocycles. The Balaban J connectivity index is 1.82. The van der Waals surface area contributed by atoms with Crippen LogP contribution in [0.4, 0.5) is 0 Å². The topological polar surface area (TPSA) is 92.3 Å². The lowest BCUT2D eigenvalue weighted by atomic mass is 9.98. The van der Waals surface area contributed by atoms with Crippen LogP contribution in [-0.2, 0) is 4.79 Å². The van der Waals surface area contributed by atoms with E-state index in [4.69, 9.17) is 22.4 Å². The van der Waals surface area contributed by atoms with Gasteiger partial charge in [-0.15, -0.1) is 0 Å². The van der Waals surface area contributed by atoms with Crippen molar-refractivity contribution in [3.63, 3.8) is 0 Å². The summed E-state index contributed by atoms with van der Waals surface area (Å²) in [5, 5.41) is 0. The molecule has 0 bridgehead atoms. The van der Waals surface area contributed by atoms with E-state index in [0.717, 1.165) is 0 Å². The van der Waals surface area contributed by atoms with Crippen LogP contribution >= 0.6 is 12.2 Å². The van der Waals surface area contributed by atoms with E-state index in [9.17, 15) is 9.59 Å². The smallest absolute Gasteiger partial charge is 0.266 e. The summed E-state index contributed by atoms with van der Waals surface area (Å²) in [6, 6.07) is 5.06. The van der Waals surface area contributed by atoms with E-state index in [1.165, 1.54) is 0 Å². The second-order valence-corrected chi connectivity index (χ2v) is 4.91. The van der Waals surface area contributed by atoms with Crippen molar-refractivity contribution in [1.29, 1.82) is 0 Å². The van der Waals surface area contributed by atoms with Gasteiger partial charge in [0.25, 0.3) is 10.7 Å². The molecule has 2 amide bonds. The summed E-state index contributed by atoms with van der Waals surface area (Å²) in [6.45, 7) is 0.765.